The van der Waals surface area contributed by atoms with Crippen molar-refractivity contribution >= 4 is 27.8 Å². The molecule has 1 aliphatic carbocycles. The van der Waals surface area contributed by atoms with Crippen LogP contribution in [0.2, 0.25) is 0 Å². The van der Waals surface area contributed by atoms with Crippen molar-refractivity contribution in [1.82, 2.24) is 30.2 Å². The van der Waals surface area contributed by atoms with Gasteiger partial charge in [-0.25, -0.2) is 19.3 Å². The number of nitrogens with one attached hydrogen (secondary N) is 2. The number of alkyl halides is 3. The van der Waals surface area contributed by atoms with E-state index in [9.17, 15) is 17.6 Å². The predicted molar refractivity (Wildman–Crippen MR) is 140 cm³/mol. The van der Waals surface area contributed by atoms with Gasteiger partial charge >= 0.3 is 6.18 Å². The molecule has 5 heterocycles. The van der Waals surface area contributed by atoms with Crippen molar-refractivity contribution in [1.29, 1.82) is 0 Å². The van der Waals surface area contributed by atoms with Gasteiger partial charge in [-0.15, -0.1) is 0 Å². The zero-order chi connectivity index (χ0) is 26.7. The fraction of sp³-hybridized carbons (Fsp3) is 0.286. The summed E-state index contributed by atoms with van der Waals surface area (Å²) in [6, 6.07) is 8.35. The molecule has 2 fully saturated rings. The second-order valence-electron chi connectivity index (χ2n) is 10.0. The van der Waals surface area contributed by atoms with Gasteiger partial charge in [-0.05, 0) is 48.6 Å². The van der Waals surface area contributed by atoms with Crippen LogP contribution < -0.4 is 10.2 Å². The van der Waals surface area contributed by atoms with E-state index in [0.29, 0.717) is 57.5 Å². The molecule has 0 radical (unpaired) electrons. The summed E-state index contributed by atoms with van der Waals surface area (Å²) in [5.41, 5.74) is 3.67. The minimum Gasteiger partial charge on any atom is -0.353 e. The van der Waals surface area contributed by atoms with E-state index >= 15 is 0 Å². The van der Waals surface area contributed by atoms with Crippen molar-refractivity contribution in [3.63, 3.8) is 0 Å². The summed E-state index contributed by atoms with van der Waals surface area (Å²) in [6.45, 7) is 0.297. The van der Waals surface area contributed by atoms with Crippen LogP contribution in [0.1, 0.15) is 24.3 Å². The minimum absolute atomic E-state index is 0.179. The average Bonchev–Trinajstić information content (AvgIpc) is 3.69. The Morgan fingerprint density at radius 1 is 1.00 bits per heavy atom. The standard InChI is InChI=1S/C28H23F4N7/c29-20-4-2-1-3-17(20)21-11-18-16(7-8-35-25(18)36-21)26-37-22-13-33-12-19(15-5-6-15)24(22)27(38-26)39-10-9-34-23(14-39)28(30,31)32/h1-4,7-8,11-13,15,23,34H,5-6,9-10,14H2,(H,35,36). The summed E-state index contributed by atoms with van der Waals surface area (Å²) < 4.78 is 55.6. The molecule has 0 amide bonds. The number of hydrogen-bond donors (Lipinski definition) is 2. The van der Waals surface area contributed by atoms with Gasteiger partial charge in [-0.2, -0.15) is 13.2 Å². The zero-order valence-electron chi connectivity index (χ0n) is 20.6. The molecule has 198 valence electrons. The Kier molecular flexibility index (Phi) is 5.51. The molecule has 2 aliphatic rings. The lowest BCUT2D eigenvalue weighted by Gasteiger charge is -2.36. The molecule has 1 saturated carbocycles. The average molecular weight is 534 g/mol. The van der Waals surface area contributed by atoms with Crippen molar-refractivity contribution in [3.05, 3.63) is 66.4 Å². The monoisotopic (exact) mass is 533 g/mol. The highest BCUT2D eigenvalue weighted by atomic mass is 19.4. The third-order valence-electron chi connectivity index (χ3n) is 7.44. The van der Waals surface area contributed by atoms with Crippen LogP contribution >= 0.6 is 0 Å². The number of hydrogen-bond acceptors (Lipinski definition) is 6. The van der Waals surface area contributed by atoms with Gasteiger partial charge in [0.2, 0.25) is 0 Å². The lowest BCUT2D eigenvalue weighted by Crippen LogP contribution is -2.57. The Balaban J connectivity index is 1.41. The van der Waals surface area contributed by atoms with E-state index in [4.69, 9.17) is 9.97 Å². The van der Waals surface area contributed by atoms with E-state index in [0.717, 1.165) is 23.8 Å². The highest BCUT2D eigenvalue weighted by Crippen LogP contribution is 2.45. The van der Waals surface area contributed by atoms with Crippen molar-refractivity contribution in [2.24, 2.45) is 0 Å². The number of anilines is 1. The molecule has 7 rings (SSSR count). The predicted octanol–water partition coefficient (Wildman–Crippen LogP) is 5.59. The van der Waals surface area contributed by atoms with Gasteiger partial charge < -0.3 is 15.2 Å². The number of pyridine rings is 2. The van der Waals surface area contributed by atoms with Crippen LogP contribution in [0.15, 0.2) is 55.0 Å². The third kappa shape index (κ3) is 4.26. The molecular weight excluding hydrogens is 510 g/mol. The largest absolute Gasteiger partial charge is 0.405 e. The number of aromatic amines is 1. The van der Waals surface area contributed by atoms with Crippen LogP contribution in [0.5, 0.6) is 0 Å². The lowest BCUT2D eigenvalue weighted by atomic mass is 10.1. The van der Waals surface area contributed by atoms with Gasteiger partial charge in [0.25, 0.3) is 0 Å². The van der Waals surface area contributed by atoms with Crippen molar-refractivity contribution < 1.29 is 17.6 Å². The summed E-state index contributed by atoms with van der Waals surface area (Å²) in [5, 5.41) is 4.02. The molecular formula is C28H23F4N7. The maximum absolute atomic E-state index is 14.5. The summed E-state index contributed by atoms with van der Waals surface area (Å²) in [6.07, 6.45) is 2.66. The molecule has 39 heavy (non-hydrogen) atoms. The third-order valence-corrected chi connectivity index (χ3v) is 7.44. The second-order valence-corrected chi connectivity index (χ2v) is 10.0. The zero-order valence-corrected chi connectivity index (χ0v) is 20.6. The Morgan fingerprint density at radius 2 is 1.85 bits per heavy atom. The number of piperazine rings is 1. The first-order valence-corrected chi connectivity index (χ1v) is 12.8. The first-order chi connectivity index (χ1) is 18.9. The highest BCUT2D eigenvalue weighted by molar-refractivity contribution is 5.98. The Morgan fingerprint density at radius 3 is 2.64 bits per heavy atom. The fourth-order valence-corrected chi connectivity index (χ4v) is 5.35. The molecule has 11 heteroatoms. The normalized spacial score (nSPS) is 18.3. The summed E-state index contributed by atoms with van der Waals surface area (Å²) in [4.78, 5) is 23.4. The van der Waals surface area contributed by atoms with Gasteiger partial charge in [0.1, 0.15) is 23.3 Å². The first-order valence-electron chi connectivity index (χ1n) is 12.8. The maximum atomic E-state index is 14.5. The topological polar surface area (TPSA) is 82.6 Å². The molecule has 1 unspecified atom stereocenters. The smallest absolute Gasteiger partial charge is 0.353 e. The van der Waals surface area contributed by atoms with E-state index in [1.54, 1.807) is 53.8 Å². The van der Waals surface area contributed by atoms with Crippen LogP contribution in [-0.2, 0) is 0 Å². The summed E-state index contributed by atoms with van der Waals surface area (Å²) in [5.74, 6) is 0.758. The Bertz CT molecular complexity index is 1710. The molecule has 1 aromatic carbocycles. The van der Waals surface area contributed by atoms with E-state index in [-0.39, 0.29) is 18.9 Å². The number of H-pyrrole nitrogens is 1. The molecule has 1 aliphatic heterocycles. The van der Waals surface area contributed by atoms with E-state index in [2.05, 4.69) is 20.3 Å². The molecule has 5 aromatic rings. The molecule has 4 aromatic heterocycles. The van der Waals surface area contributed by atoms with Crippen LogP contribution in [0.25, 0.3) is 44.6 Å². The van der Waals surface area contributed by atoms with Gasteiger partial charge in [0.05, 0.1) is 17.4 Å². The number of rotatable bonds is 4. The van der Waals surface area contributed by atoms with Crippen LogP contribution in [-0.4, -0.2) is 56.8 Å². The molecule has 1 saturated heterocycles. The lowest BCUT2D eigenvalue weighted by molar-refractivity contribution is -0.155. The van der Waals surface area contributed by atoms with Crippen LogP contribution in [0.4, 0.5) is 23.4 Å². The minimum atomic E-state index is -4.38. The Labute approximate surface area is 220 Å². The fourth-order valence-electron chi connectivity index (χ4n) is 5.35. The molecule has 0 bridgehead atoms. The summed E-state index contributed by atoms with van der Waals surface area (Å²) >= 11 is 0. The molecule has 1 atom stereocenters. The van der Waals surface area contributed by atoms with Crippen molar-refractivity contribution in [2.45, 2.75) is 31.0 Å². The molecule has 7 nitrogen and oxygen atoms in total. The molecule has 0 spiro atoms. The number of aromatic nitrogens is 5. The SMILES string of the molecule is Fc1ccccc1-c1cc2c(-c3nc(N4CCNC(C(F)(F)F)C4)c4c(C5CC5)cncc4n3)ccnc2[nH]1. The van der Waals surface area contributed by atoms with Gasteiger partial charge in [-0.3, -0.25) is 4.98 Å². The summed E-state index contributed by atoms with van der Waals surface area (Å²) in [7, 11) is 0. The number of benzene rings is 1. The quantitative estimate of drug-likeness (QED) is 0.293. The van der Waals surface area contributed by atoms with Crippen LogP contribution in [0.3, 0.4) is 0 Å². The van der Waals surface area contributed by atoms with Crippen molar-refractivity contribution in [2.75, 3.05) is 24.5 Å². The molecule has 2 N–H and O–H groups in total. The second kappa shape index (κ2) is 8.98. The Hall–Kier alpha value is -4.12. The van der Waals surface area contributed by atoms with Gasteiger partial charge in [-0.1, -0.05) is 12.1 Å². The van der Waals surface area contributed by atoms with Crippen LogP contribution in [0, 0.1) is 5.82 Å². The highest BCUT2D eigenvalue weighted by Gasteiger charge is 2.43. The van der Waals surface area contributed by atoms with E-state index in [1.165, 1.54) is 6.07 Å². The number of halogens is 4. The number of nitrogens with zero attached hydrogens (tertiary/aromatic N) is 5. The maximum Gasteiger partial charge on any atom is 0.405 e. The first kappa shape index (κ1) is 24.0. The number of fused-ring (bicyclic) bond motifs is 2. The van der Waals surface area contributed by atoms with Crippen molar-refractivity contribution in [3.8, 4) is 22.6 Å². The van der Waals surface area contributed by atoms with E-state index in [1.807, 2.05) is 0 Å². The van der Waals surface area contributed by atoms with Gasteiger partial charge in [0.15, 0.2) is 5.82 Å². The van der Waals surface area contributed by atoms with Gasteiger partial charge in [0, 0.05) is 53.9 Å². The van der Waals surface area contributed by atoms with E-state index < -0.39 is 12.2 Å².